The van der Waals surface area contributed by atoms with E-state index in [4.69, 9.17) is 9.47 Å². The summed E-state index contributed by atoms with van der Waals surface area (Å²) in [6.07, 6.45) is 2.25. The summed E-state index contributed by atoms with van der Waals surface area (Å²) in [6.45, 7) is 10.9. The molecule has 3 amide bonds. The van der Waals surface area contributed by atoms with Crippen LogP contribution < -0.4 is 10.6 Å². The van der Waals surface area contributed by atoms with Crippen molar-refractivity contribution in [3.63, 3.8) is 0 Å². The van der Waals surface area contributed by atoms with Crippen molar-refractivity contribution in [3.05, 3.63) is 46.9 Å². The Morgan fingerprint density at radius 2 is 1.76 bits per heavy atom. The number of allylic oxidation sites excluding steroid dienone is 2. The van der Waals surface area contributed by atoms with Gasteiger partial charge in [-0.05, 0) is 78.5 Å². The topological polar surface area (TPSA) is 127 Å². The summed E-state index contributed by atoms with van der Waals surface area (Å²) in [6, 6.07) is 4.09. The molecule has 3 aliphatic heterocycles. The van der Waals surface area contributed by atoms with Crippen molar-refractivity contribution in [2.45, 2.75) is 84.1 Å². The van der Waals surface area contributed by atoms with Crippen LogP contribution in [0.3, 0.4) is 0 Å². The Morgan fingerprint density at radius 3 is 2.32 bits per heavy atom. The summed E-state index contributed by atoms with van der Waals surface area (Å²) in [5.74, 6) is -1.32. The number of aromatic nitrogens is 1. The molecule has 0 spiro atoms. The molecule has 198 valence electrons. The molecule has 1 aromatic heterocycles. The minimum atomic E-state index is -0.824. The molecule has 2 N–H and O–H groups in total. The number of hydrogen-bond acceptors (Lipinski definition) is 7. The third kappa shape index (κ3) is 5.52. The van der Waals surface area contributed by atoms with Gasteiger partial charge in [-0.15, -0.1) is 0 Å². The van der Waals surface area contributed by atoms with Gasteiger partial charge in [0.1, 0.15) is 22.9 Å². The lowest BCUT2D eigenvalue weighted by molar-refractivity contribution is -0.161. The van der Waals surface area contributed by atoms with Crippen LogP contribution in [0.25, 0.3) is 5.57 Å². The van der Waals surface area contributed by atoms with Crippen molar-refractivity contribution in [1.29, 1.82) is 0 Å². The van der Waals surface area contributed by atoms with Gasteiger partial charge in [-0.25, -0.2) is 9.59 Å². The molecule has 37 heavy (non-hydrogen) atoms. The molecule has 0 saturated carbocycles. The largest absolute Gasteiger partial charge is 0.455 e. The van der Waals surface area contributed by atoms with Crippen LogP contribution in [0.2, 0.25) is 0 Å². The highest BCUT2D eigenvalue weighted by Crippen LogP contribution is 2.44. The second-order valence-corrected chi connectivity index (χ2v) is 11.3. The molecule has 0 aliphatic carbocycles. The molecule has 4 heterocycles. The first-order chi connectivity index (χ1) is 17.3. The Hall–Kier alpha value is -3.69. The van der Waals surface area contributed by atoms with Gasteiger partial charge in [0.2, 0.25) is 5.91 Å². The quantitative estimate of drug-likeness (QED) is 0.362. The second-order valence-electron chi connectivity index (χ2n) is 11.3. The average molecular weight is 511 g/mol. The van der Waals surface area contributed by atoms with Gasteiger partial charge in [0.05, 0.1) is 11.7 Å². The van der Waals surface area contributed by atoms with Gasteiger partial charge in [-0.1, -0.05) is 6.07 Å². The van der Waals surface area contributed by atoms with Crippen LogP contribution in [0.1, 0.15) is 66.5 Å². The number of carbonyl (C=O) groups is 4. The molecular weight excluding hydrogens is 476 g/mol. The van der Waals surface area contributed by atoms with E-state index in [1.165, 1.54) is 4.90 Å². The van der Waals surface area contributed by atoms with E-state index in [2.05, 4.69) is 15.6 Å². The van der Waals surface area contributed by atoms with Gasteiger partial charge in [-0.3, -0.25) is 19.5 Å². The number of amides is 3. The first kappa shape index (κ1) is 26.4. The molecule has 0 radical (unpaired) electrons. The maximum atomic E-state index is 13.6. The van der Waals surface area contributed by atoms with Crippen molar-refractivity contribution in [2.24, 2.45) is 0 Å². The van der Waals surface area contributed by atoms with Gasteiger partial charge in [-0.2, -0.15) is 0 Å². The summed E-state index contributed by atoms with van der Waals surface area (Å²) < 4.78 is 11.0. The van der Waals surface area contributed by atoms with E-state index in [-0.39, 0.29) is 11.6 Å². The fourth-order valence-corrected chi connectivity index (χ4v) is 4.82. The smallest absolute Gasteiger partial charge is 0.408 e. The number of nitrogens with zero attached hydrogens (tertiary/aromatic N) is 2. The molecular formula is C27H34N4O6. The summed E-state index contributed by atoms with van der Waals surface area (Å²) >= 11 is 0. The lowest BCUT2D eigenvalue weighted by Gasteiger charge is -2.50. The van der Waals surface area contributed by atoms with Crippen LogP contribution in [0, 0.1) is 0 Å². The van der Waals surface area contributed by atoms with Crippen LogP contribution in [0.5, 0.6) is 0 Å². The maximum Gasteiger partial charge on any atom is 0.408 e. The number of hydrogen-bond donors (Lipinski definition) is 2. The standard InChI is InChI=1S/C27H34N4O6/c1-26(2,3)36-24(34)21-15(19(16-12-14-29-22(16)32)17-9-7-8-13-28-17)10-11-18-20(23(33)31(18)21)30-25(35)37-27(4,5)6/h7-9,13,18,20H,10-12,14H2,1-6H3,(H,29,32)(H,30,35)/t18-,20+/m1/s1. The van der Waals surface area contributed by atoms with Crippen molar-refractivity contribution >= 4 is 29.5 Å². The average Bonchev–Trinajstić information content (AvgIpc) is 3.21. The van der Waals surface area contributed by atoms with Crippen molar-refractivity contribution in [2.75, 3.05) is 6.54 Å². The van der Waals surface area contributed by atoms with Crippen LogP contribution >= 0.6 is 0 Å². The first-order valence-corrected chi connectivity index (χ1v) is 12.5. The van der Waals surface area contributed by atoms with Crippen molar-refractivity contribution in [1.82, 2.24) is 20.5 Å². The third-order valence-electron chi connectivity index (χ3n) is 6.16. The fourth-order valence-electron chi connectivity index (χ4n) is 4.82. The number of carbonyl (C=O) groups excluding carboxylic acids is 4. The Labute approximate surface area is 216 Å². The number of ether oxygens (including phenoxy) is 2. The van der Waals surface area contributed by atoms with Gasteiger partial charge in [0, 0.05) is 23.9 Å². The molecule has 0 unspecified atom stereocenters. The first-order valence-electron chi connectivity index (χ1n) is 12.5. The highest BCUT2D eigenvalue weighted by Gasteiger charge is 2.55. The number of alkyl carbamates (subject to hydrolysis) is 1. The number of fused-ring (bicyclic) bond motifs is 1. The van der Waals surface area contributed by atoms with E-state index in [1.54, 1.807) is 59.9 Å². The Balaban J connectivity index is 1.79. The van der Waals surface area contributed by atoms with Crippen LogP contribution in [-0.2, 0) is 23.9 Å². The monoisotopic (exact) mass is 510 g/mol. The lowest BCUT2D eigenvalue weighted by atomic mass is 9.79. The molecule has 4 rings (SSSR count). The molecule has 10 heteroatoms. The van der Waals surface area contributed by atoms with E-state index in [9.17, 15) is 19.2 Å². The highest BCUT2D eigenvalue weighted by atomic mass is 16.6. The van der Waals surface area contributed by atoms with Crippen LogP contribution in [0.4, 0.5) is 4.79 Å². The summed E-state index contributed by atoms with van der Waals surface area (Å²) in [5.41, 5.74) is 0.708. The minimum Gasteiger partial charge on any atom is -0.455 e. The molecule has 2 fully saturated rings. The zero-order chi connectivity index (χ0) is 27.1. The molecule has 2 atom stereocenters. The Morgan fingerprint density at radius 1 is 1.05 bits per heavy atom. The predicted molar refractivity (Wildman–Crippen MR) is 135 cm³/mol. The van der Waals surface area contributed by atoms with E-state index in [0.717, 1.165) is 0 Å². The third-order valence-corrected chi connectivity index (χ3v) is 6.16. The van der Waals surface area contributed by atoms with Gasteiger partial charge < -0.3 is 20.1 Å². The Bertz CT molecular complexity index is 1190. The predicted octanol–water partition coefficient (Wildman–Crippen LogP) is 2.85. The number of rotatable bonds is 4. The number of β-lactam (4-membered cyclic amide) rings is 1. The summed E-state index contributed by atoms with van der Waals surface area (Å²) in [7, 11) is 0. The summed E-state index contributed by atoms with van der Waals surface area (Å²) in [5, 5.41) is 5.48. The Kier molecular flexibility index (Phi) is 6.87. The van der Waals surface area contributed by atoms with E-state index in [1.807, 2.05) is 6.07 Å². The van der Waals surface area contributed by atoms with Crippen molar-refractivity contribution < 1.29 is 28.7 Å². The van der Waals surface area contributed by atoms with Gasteiger partial charge >= 0.3 is 12.1 Å². The number of esters is 1. The highest BCUT2D eigenvalue weighted by molar-refractivity contribution is 6.09. The minimum absolute atomic E-state index is 0.0891. The molecule has 0 bridgehead atoms. The summed E-state index contributed by atoms with van der Waals surface area (Å²) in [4.78, 5) is 58.0. The van der Waals surface area contributed by atoms with Crippen LogP contribution in [0.15, 0.2) is 41.2 Å². The normalized spacial score (nSPS) is 23.1. The van der Waals surface area contributed by atoms with Gasteiger partial charge in [0.25, 0.3) is 5.91 Å². The maximum absolute atomic E-state index is 13.6. The van der Waals surface area contributed by atoms with E-state index >= 15 is 0 Å². The van der Waals surface area contributed by atoms with E-state index < -0.39 is 41.3 Å². The zero-order valence-corrected chi connectivity index (χ0v) is 22.1. The number of pyridine rings is 1. The molecule has 3 aliphatic rings. The SMILES string of the molecule is CC(C)(C)OC(=O)N[C@@H]1C(=O)N2C(C(=O)OC(C)(C)C)=C(C(=C3CCNC3=O)c3ccccn3)CC[C@H]12. The molecule has 10 nitrogen and oxygen atoms in total. The van der Waals surface area contributed by atoms with Crippen molar-refractivity contribution in [3.8, 4) is 0 Å². The molecule has 0 aromatic carbocycles. The molecule has 2 saturated heterocycles. The molecule has 1 aromatic rings. The zero-order valence-electron chi connectivity index (χ0n) is 22.1. The van der Waals surface area contributed by atoms with Gasteiger partial charge in [0.15, 0.2) is 0 Å². The second kappa shape index (κ2) is 9.64. The fraction of sp³-hybridized carbons (Fsp3) is 0.519. The van der Waals surface area contributed by atoms with E-state index in [0.29, 0.717) is 48.2 Å². The number of nitrogens with one attached hydrogen (secondary N) is 2. The lowest BCUT2D eigenvalue weighted by Crippen LogP contribution is -2.72. The van der Waals surface area contributed by atoms with Crippen LogP contribution in [-0.4, -0.2) is 63.6 Å².